The molecule has 0 spiro atoms. The molecular weight excluding hydrogens is 318 g/mol. The molecule has 0 aliphatic heterocycles. The number of unbranched alkanes of at least 4 members (excludes halogenated alkanes) is 4. The van der Waals surface area contributed by atoms with Crippen LogP contribution in [0.15, 0.2) is 36.4 Å². The van der Waals surface area contributed by atoms with E-state index in [0.717, 1.165) is 43.5 Å². The summed E-state index contributed by atoms with van der Waals surface area (Å²) in [6.07, 6.45) is 4.73. The second-order valence-corrected chi connectivity index (χ2v) is 6.09. The minimum Gasteiger partial charge on any atom is -0.481 e. The van der Waals surface area contributed by atoms with Crippen LogP contribution in [0.4, 0.5) is 0 Å². The van der Waals surface area contributed by atoms with Crippen molar-refractivity contribution in [3.63, 3.8) is 0 Å². The number of carboxylic acids is 1. The van der Waals surface area contributed by atoms with E-state index in [4.69, 9.17) is 5.11 Å². The Morgan fingerprint density at radius 1 is 1.08 bits per heavy atom. The SMILES string of the molecule is Cc1cc(C(=O)NCCCCCCCC(=O)O)nn1-c1ccccc1. The molecule has 0 radical (unpaired) electrons. The molecule has 1 aromatic carbocycles. The molecule has 6 nitrogen and oxygen atoms in total. The number of aryl methyl sites for hydroxylation is 1. The molecule has 0 atom stereocenters. The lowest BCUT2D eigenvalue weighted by atomic mass is 10.1. The smallest absolute Gasteiger partial charge is 0.303 e. The Morgan fingerprint density at radius 2 is 1.76 bits per heavy atom. The van der Waals surface area contributed by atoms with Crippen LogP contribution in [0, 0.1) is 6.92 Å². The number of para-hydroxylation sites is 1. The van der Waals surface area contributed by atoms with Crippen molar-refractivity contribution >= 4 is 11.9 Å². The zero-order chi connectivity index (χ0) is 18.1. The van der Waals surface area contributed by atoms with Crippen molar-refractivity contribution < 1.29 is 14.7 Å². The van der Waals surface area contributed by atoms with Crippen LogP contribution in [0.1, 0.15) is 54.7 Å². The van der Waals surface area contributed by atoms with Crippen LogP contribution in [0.2, 0.25) is 0 Å². The first-order valence-corrected chi connectivity index (χ1v) is 8.70. The molecule has 134 valence electrons. The summed E-state index contributed by atoms with van der Waals surface area (Å²) in [6, 6.07) is 11.5. The van der Waals surface area contributed by atoms with Gasteiger partial charge >= 0.3 is 5.97 Å². The third-order valence-electron chi connectivity index (χ3n) is 3.97. The number of hydrogen-bond acceptors (Lipinski definition) is 3. The van der Waals surface area contributed by atoms with Crippen molar-refractivity contribution in [2.24, 2.45) is 0 Å². The Balaban J connectivity index is 1.72. The molecule has 0 saturated carbocycles. The minimum atomic E-state index is -0.738. The van der Waals surface area contributed by atoms with Gasteiger partial charge in [-0.15, -0.1) is 0 Å². The number of benzene rings is 1. The maximum Gasteiger partial charge on any atom is 0.303 e. The summed E-state index contributed by atoms with van der Waals surface area (Å²) in [4.78, 5) is 22.6. The Kier molecular flexibility index (Phi) is 7.19. The lowest BCUT2D eigenvalue weighted by Crippen LogP contribution is -2.25. The lowest BCUT2D eigenvalue weighted by molar-refractivity contribution is -0.137. The number of carbonyl (C=O) groups is 2. The van der Waals surface area contributed by atoms with Crippen LogP contribution in [-0.4, -0.2) is 33.3 Å². The van der Waals surface area contributed by atoms with Gasteiger partial charge in [-0.3, -0.25) is 9.59 Å². The fourth-order valence-electron chi connectivity index (χ4n) is 2.64. The fourth-order valence-corrected chi connectivity index (χ4v) is 2.64. The third kappa shape index (κ3) is 6.06. The summed E-state index contributed by atoms with van der Waals surface area (Å²) in [5.41, 5.74) is 2.26. The number of aliphatic carboxylic acids is 1. The summed E-state index contributed by atoms with van der Waals surface area (Å²) in [6.45, 7) is 2.53. The van der Waals surface area contributed by atoms with Crippen molar-refractivity contribution in [3.8, 4) is 5.69 Å². The van der Waals surface area contributed by atoms with Crippen LogP contribution < -0.4 is 5.32 Å². The number of nitrogens with zero attached hydrogens (tertiary/aromatic N) is 2. The Morgan fingerprint density at radius 3 is 2.48 bits per heavy atom. The van der Waals surface area contributed by atoms with Crippen molar-refractivity contribution in [1.29, 1.82) is 0 Å². The summed E-state index contributed by atoms with van der Waals surface area (Å²) in [5.74, 6) is -0.902. The van der Waals surface area contributed by atoms with Crippen molar-refractivity contribution in [2.75, 3.05) is 6.54 Å². The molecule has 0 saturated heterocycles. The maximum absolute atomic E-state index is 12.2. The van der Waals surface area contributed by atoms with Crippen molar-refractivity contribution in [2.45, 2.75) is 45.4 Å². The van der Waals surface area contributed by atoms with E-state index in [0.29, 0.717) is 12.2 Å². The number of nitrogens with one attached hydrogen (secondary N) is 1. The highest BCUT2D eigenvalue weighted by atomic mass is 16.4. The molecule has 0 bridgehead atoms. The number of carbonyl (C=O) groups excluding carboxylic acids is 1. The third-order valence-corrected chi connectivity index (χ3v) is 3.97. The molecule has 1 amide bonds. The van der Waals surface area contributed by atoms with Gasteiger partial charge in [-0.2, -0.15) is 5.10 Å². The number of rotatable bonds is 10. The Labute approximate surface area is 147 Å². The normalized spacial score (nSPS) is 10.6. The van der Waals surface area contributed by atoms with Gasteiger partial charge in [-0.05, 0) is 38.0 Å². The molecule has 2 rings (SSSR count). The summed E-state index contributed by atoms with van der Waals surface area (Å²) in [5, 5.41) is 15.8. The predicted octanol–water partition coefficient (Wildman–Crippen LogP) is 3.34. The first-order chi connectivity index (χ1) is 12.1. The zero-order valence-electron chi connectivity index (χ0n) is 14.6. The van der Waals surface area contributed by atoms with Gasteiger partial charge in [0.05, 0.1) is 5.69 Å². The van der Waals surface area contributed by atoms with Gasteiger partial charge in [-0.25, -0.2) is 4.68 Å². The van der Waals surface area contributed by atoms with Crippen LogP contribution in [0.3, 0.4) is 0 Å². The molecule has 0 aliphatic carbocycles. The summed E-state index contributed by atoms with van der Waals surface area (Å²) in [7, 11) is 0. The predicted molar refractivity (Wildman–Crippen MR) is 96.0 cm³/mol. The standard InChI is InChI=1S/C19H25N3O3/c1-15-14-17(21-22(15)16-10-6-5-7-11-16)19(25)20-13-9-4-2-3-8-12-18(23)24/h5-7,10-11,14H,2-4,8-9,12-13H2,1H3,(H,20,25)(H,23,24). The molecular formula is C19H25N3O3. The maximum atomic E-state index is 12.2. The fraction of sp³-hybridized carbons (Fsp3) is 0.421. The molecule has 0 fully saturated rings. The molecule has 6 heteroatoms. The van der Waals surface area contributed by atoms with Crippen molar-refractivity contribution in [1.82, 2.24) is 15.1 Å². The van der Waals surface area contributed by atoms with Crippen LogP contribution in [-0.2, 0) is 4.79 Å². The van der Waals surface area contributed by atoms with E-state index in [1.54, 1.807) is 10.7 Å². The van der Waals surface area contributed by atoms with E-state index < -0.39 is 5.97 Å². The largest absolute Gasteiger partial charge is 0.481 e. The number of hydrogen-bond donors (Lipinski definition) is 2. The molecule has 0 unspecified atom stereocenters. The van der Waals surface area contributed by atoms with Gasteiger partial charge in [-0.1, -0.05) is 37.5 Å². The van der Waals surface area contributed by atoms with Gasteiger partial charge in [0.1, 0.15) is 0 Å². The minimum absolute atomic E-state index is 0.163. The highest BCUT2D eigenvalue weighted by Gasteiger charge is 2.12. The van der Waals surface area contributed by atoms with Gasteiger partial charge in [0.2, 0.25) is 0 Å². The summed E-state index contributed by atoms with van der Waals surface area (Å²) >= 11 is 0. The number of amides is 1. The highest BCUT2D eigenvalue weighted by Crippen LogP contribution is 2.12. The van der Waals surface area contributed by atoms with Crippen molar-refractivity contribution in [3.05, 3.63) is 47.8 Å². The second-order valence-electron chi connectivity index (χ2n) is 6.09. The molecule has 25 heavy (non-hydrogen) atoms. The topological polar surface area (TPSA) is 84.2 Å². The van der Waals surface area contributed by atoms with E-state index in [2.05, 4.69) is 10.4 Å². The van der Waals surface area contributed by atoms with Gasteiger partial charge in [0.15, 0.2) is 5.69 Å². The van der Waals surface area contributed by atoms with Gasteiger partial charge in [0, 0.05) is 18.7 Å². The Bertz CT molecular complexity index is 695. The first kappa shape index (κ1) is 18.7. The molecule has 1 aromatic heterocycles. The molecule has 2 N–H and O–H groups in total. The second kappa shape index (κ2) is 9.61. The van der Waals surface area contributed by atoms with E-state index in [1.807, 2.05) is 37.3 Å². The van der Waals surface area contributed by atoms with Gasteiger partial charge < -0.3 is 10.4 Å². The monoisotopic (exact) mass is 343 g/mol. The van der Waals surface area contributed by atoms with Crippen LogP contribution in [0.5, 0.6) is 0 Å². The van der Waals surface area contributed by atoms with E-state index in [-0.39, 0.29) is 12.3 Å². The average Bonchev–Trinajstić information content (AvgIpc) is 2.99. The van der Waals surface area contributed by atoms with Gasteiger partial charge in [0.25, 0.3) is 5.91 Å². The first-order valence-electron chi connectivity index (χ1n) is 8.70. The zero-order valence-corrected chi connectivity index (χ0v) is 14.6. The molecule has 2 aromatic rings. The van der Waals surface area contributed by atoms with E-state index in [1.165, 1.54) is 0 Å². The molecule has 0 aliphatic rings. The van der Waals surface area contributed by atoms with Crippen LogP contribution in [0.25, 0.3) is 5.69 Å². The lowest BCUT2D eigenvalue weighted by Gasteiger charge is -2.04. The van der Waals surface area contributed by atoms with E-state index in [9.17, 15) is 9.59 Å². The molecule has 1 heterocycles. The Hall–Kier alpha value is -2.63. The number of aromatic nitrogens is 2. The highest BCUT2D eigenvalue weighted by molar-refractivity contribution is 5.92. The summed E-state index contributed by atoms with van der Waals surface area (Å²) < 4.78 is 1.76. The van der Waals surface area contributed by atoms with E-state index >= 15 is 0 Å². The average molecular weight is 343 g/mol. The van der Waals surface area contributed by atoms with Crippen LogP contribution >= 0.6 is 0 Å². The number of carboxylic acid groups (broad SMARTS) is 1. The quantitative estimate of drug-likeness (QED) is 0.648.